The summed E-state index contributed by atoms with van der Waals surface area (Å²) in [4.78, 5) is 40.4. The highest BCUT2D eigenvalue weighted by Gasteiger charge is 2.33. The molecule has 1 aromatic carbocycles. The number of aliphatic hydroxyl groups is 1. The molecule has 1 aromatic heterocycles. The van der Waals surface area contributed by atoms with Crippen molar-refractivity contribution in [3.8, 4) is 0 Å². The van der Waals surface area contributed by atoms with Gasteiger partial charge in [-0.2, -0.15) is 0 Å². The maximum atomic E-state index is 14.5. The number of benzene rings is 1. The Hall–Kier alpha value is -3.63. The Balaban J connectivity index is 0.000000362. The lowest BCUT2D eigenvalue weighted by Crippen LogP contribution is -2.32. The monoisotopic (exact) mass is 569 g/mol. The van der Waals surface area contributed by atoms with E-state index in [2.05, 4.69) is 0 Å². The standard InChI is InChI=1S/C23H21FN2O4.C6H13NO2.C2H6/c1-11-13-4-3-5-14-16-8-26(2)19(21(16)25-18(20(13)14)7-17(11)24)6-15-12(9-27)10-30-23(29)22(15)28;1-6(2,9-3)4-5(7)8;1-2/h6-7,9,22,28H,3-5,8,10H2,1-2H3;4H2,1-3H3,(H2,7,8);1-2H3/b19-6-;;. The number of carbonyl (C=O) groups is 3. The van der Waals surface area contributed by atoms with Crippen molar-refractivity contribution in [3.63, 3.8) is 0 Å². The molecule has 1 amide bonds. The number of ether oxygens (including phenoxy) is 2. The Morgan fingerprint density at radius 3 is 2.54 bits per heavy atom. The third-order valence-electron chi connectivity index (χ3n) is 7.56. The van der Waals surface area contributed by atoms with Crippen molar-refractivity contribution in [1.29, 1.82) is 0 Å². The van der Waals surface area contributed by atoms with Crippen molar-refractivity contribution in [2.75, 3.05) is 20.8 Å². The molecule has 0 saturated heterocycles. The van der Waals surface area contributed by atoms with Gasteiger partial charge in [0.15, 0.2) is 6.10 Å². The molecule has 0 radical (unpaired) electrons. The number of pyridine rings is 1. The van der Waals surface area contributed by atoms with E-state index < -0.39 is 17.7 Å². The summed E-state index contributed by atoms with van der Waals surface area (Å²) in [6.07, 6.45) is 3.68. The van der Waals surface area contributed by atoms with Crippen molar-refractivity contribution in [1.82, 2.24) is 9.88 Å². The number of aromatic nitrogens is 1. The molecule has 3 heterocycles. The van der Waals surface area contributed by atoms with Gasteiger partial charge in [-0.3, -0.25) is 9.59 Å². The molecule has 2 aromatic rings. The number of primary amides is 1. The molecule has 10 heteroatoms. The largest absolute Gasteiger partial charge is 0.459 e. The molecule has 1 atom stereocenters. The molecule has 5 rings (SSSR count). The second kappa shape index (κ2) is 12.9. The van der Waals surface area contributed by atoms with Gasteiger partial charge in [0, 0.05) is 48.9 Å². The highest BCUT2D eigenvalue weighted by atomic mass is 19.1. The SMILES string of the molecule is CC.COC(C)(C)CC(N)=O.Cc1c(F)cc2nc3c(c4c2c1CCC4)CN(C)/C3=C\C1=C(C=O)COC(=O)C1O. The summed E-state index contributed by atoms with van der Waals surface area (Å²) in [5.74, 6) is -1.37. The number of nitrogens with zero attached hydrogens (tertiary/aromatic N) is 2. The molecule has 3 aliphatic rings. The number of halogens is 1. The maximum Gasteiger partial charge on any atom is 0.340 e. The van der Waals surface area contributed by atoms with Crippen LogP contribution in [0.15, 0.2) is 23.3 Å². The summed E-state index contributed by atoms with van der Waals surface area (Å²) in [5, 5.41) is 11.4. The molecule has 222 valence electrons. The number of hydrogen-bond acceptors (Lipinski definition) is 8. The average molecular weight is 570 g/mol. The van der Waals surface area contributed by atoms with Gasteiger partial charge in [-0.05, 0) is 62.8 Å². The van der Waals surface area contributed by atoms with Crippen LogP contribution in [0.2, 0.25) is 0 Å². The molecule has 2 aliphatic heterocycles. The fraction of sp³-hybridized carbons (Fsp3) is 0.484. The average Bonchev–Trinajstić information content (AvgIpc) is 3.25. The van der Waals surface area contributed by atoms with Gasteiger partial charge in [-0.25, -0.2) is 14.2 Å². The van der Waals surface area contributed by atoms with Gasteiger partial charge in [0.05, 0.1) is 28.9 Å². The van der Waals surface area contributed by atoms with Gasteiger partial charge in [0.25, 0.3) is 0 Å². The van der Waals surface area contributed by atoms with Crippen LogP contribution in [0.4, 0.5) is 4.39 Å². The lowest BCUT2D eigenvalue weighted by molar-refractivity contribution is -0.152. The number of amides is 1. The summed E-state index contributed by atoms with van der Waals surface area (Å²) in [7, 11) is 3.46. The fourth-order valence-corrected chi connectivity index (χ4v) is 5.31. The topological polar surface area (TPSA) is 132 Å². The smallest absolute Gasteiger partial charge is 0.340 e. The van der Waals surface area contributed by atoms with Crippen molar-refractivity contribution < 1.29 is 33.4 Å². The predicted molar refractivity (Wildman–Crippen MR) is 154 cm³/mol. The molecule has 1 aliphatic carbocycles. The lowest BCUT2D eigenvalue weighted by atomic mass is 9.85. The number of aldehydes is 1. The number of aryl methyl sites for hydroxylation is 2. The summed E-state index contributed by atoms with van der Waals surface area (Å²) >= 11 is 0. The van der Waals surface area contributed by atoms with Crippen LogP contribution in [-0.2, 0) is 43.2 Å². The number of fused-ring (bicyclic) bond motifs is 2. The summed E-state index contributed by atoms with van der Waals surface area (Å²) in [6.45, 7) is 9.91. The van der Waals surface area contributed by atoms with Gasteiger partial charge < -0.3 is 25.2 Å². The number of hydrogen-bond donors (Lipinski definition) is 2. The molecule has 0 saturated carbocycles. The number of cyclic esters (lactones) is 1. The third-order valence-corrected chi connectivity index (χ3v) is 7.56. The van der Waals surface area contributed by atoms with E-state index in [0.717, 1.165) is 35.8 Å². The van der Waals surface area contributed by atoms with Crippen molar-refractivity contribution in [2.45, 2.75) is 78.6 Å². The van der Waals surface area contributed by atoms with Crippen LogP contribution in [-0.4, -0.2) is 65.6 Å². The van der Waals surface area contributed by atoms with Crippen LogP contribution in [0, 0.1) is 12.7 Å². The summed E-state index contributed by atoms with van der Waals surface area (Å²) in [6, 6.07) is 1.49. The molecule has 9 nitrogen and oxygen atoms in total. The minimum atomic E-state index is -1.52. The number of carbonyl (C=O) groups excluding carboxylic acids is 3. The quantitative estimate of drug-likeness (QED) is 0.412. The second-order valence-electron chi connectivity index (χ2n) is 10.7. The maximum absolute atomic E-state index is 14.5. The van der Waals surface area contributed by atoms with Crippen LogP contribution in [0.5, 0.6) is 0 Å². The van der Waals surface area contributed by atoms with Crippen LogP contribution < -0.4 is 5.73 Å². The molecule has 0 spiro atoms. The number of esters is 1. The van der Waals surface area contributed by atoms with Crippen molar-refractivity contribution >= 4 is 34.8 Å². The molecule has 0 bridgehead atoms. The summed E-state index contributed by atoms with van der Waals surface area (Å²) in [5.41, 5.74) is 11.0. The van der Waals surface area contributed by atoms with Crippen molar-refractivity contribution in [2.24, 2.45) is 5.73 Å². The number of rotatable bonds is 5. The minimum absolute atomic E-state index is 0.167. The van der Waals surface area contributed by atoms with E-state index in [1.165, 1.54) is 11.6 Å². The van der Waals surface area contributed by atoms with Gasteiger partial charge >= 0.3 is 5.97 Å². The van der Waals surface area contributed by atoms with E-state index in [1.807, 2.05) is 46.6 Å². The first kappa shape index (κ1) is 31.9. The first-order chi connectivity index (χ1) is 19.4. The molecule has 3 N–H and O–H groups in total. The Morgan fingerprint density at radius 1 is 1.29 bits per heavy atom. The van der Waals surface area contributed by atoms with Crippen molar-refractivity contribution in [3.05, 3.63) is 57.1 Å². The first-order valence-corrected chi connectivity index (χ1v) is 13.8. The van der Waals surface area contributed by atoms with E-state index in [4.69, 9.17) is 20.2 Å². The van der Waals surface area contributed by atoms with E-state index in [-0.39, 0.29) is 35.9 Å². The zero-order valence-corrected chi connectivity index (χ0v) is 24.9. The zero-order chi connectivity index (χ0) is 30.6. The lowest BCUT2D eigenvalue weighted by Gasteiger charge is -2.22. The Kier molecular flexibility index (Phi) is 10.0. The minimum Gasteiger partial charge on any atom is -0.459 e. The van der Waals surface area contributed by atoms with Gasteiger partial charge in [0.2, 0.25) is 5.91 Å². The van der Waals surface area contributed by atoms with Crippen LogP contribution in [0.1, 0.15) is 68.5 Å². The molecule has 0 fully saturated rings. The Morgan fingerprint density at radius 2 is 1.95 bits per heavy atom. The first-order valence-electron chi connectivity index (χ1n) is 13.8. The van der Waals surface area contributed by atoms with Gasteiger partial charge in [-0.1, -0.05) is 13.8 Å². The number of aliphatic hydroxyl groups excluding tert-OH is 1. The highest BCUT2D eigenvalue weighted by Crippen LogP contribution is 2.41. The predicted octanol–water partition coefficient (Wildman–Crippen LogP) is 3.68. The summed E-state index contributed by atoms with van der Waals surface area (Å²) < 4.78 is 24.3. The molecular weight excluding hydrogens is 529 g/mol. The number of methoxy groups -OCH3 is 1. The normalized spacial score (nSPS) is 18.8. The second-order valence-corrected chi connectivity index (χ2v) is 10.7. The zero-order valence-electron chi connectivity index (χ0n) is 24.9. The molecule has 41 heavy (non-hydrogen) atoms. The van der Waals surface area contributed by atoms with Crippen LogP contribution in [0.3, 0.4) is 0 Å². The molecule has 1 unspecified atom stereocenters. The van der Waals surface area contributed by atoms with Gasteiger partial charge in [-0.15, -0.1) is 0 Å². The van der Waals surface area contributed by atoms with Crippen LogP contribution in [0.25, 0.3) is 16.6 Å². The molecular formula is C31H40FN3O6. The van der Waals surface area contributed by atoms with Crippen LogP contribution >= 0.6 is 0 Å². The van der Waals surface area contributed by atoms with Gasteiger partial charge in [0.1, 0.15) is 18.7 Å². The Labute approximate surface area is 240 Å². The van der Waals surface area contributed by atoms with E-state index in [9.17, 15) is 23.9 Å². The Bertz CT molecular complexity index is 1430. The van der Waals surface area contributed by atoms with E-state index in [1.54, 1.807) is 13.2 Å². The highest BCUT2D eigenvalue weighted by molar-refractivity contribution is 5.93. The van der Waals surface area contributed by atoms with E-state index in [0.29, 0.717) is 35.3 Å². The fourth-order valence-electron chi connectivity index (χ4n) is 5.31. The number of nitrogens with two attached hydrogens (primary N) is 1. The van der Waals surface area contributed by atoms with E-state index >= 15 is 0 Å². The third kappa shape index (κ3) is 6.49.